The summed E-state index contributed by atoms with van der Waals surface area (Å²) in [6, 6.07) is 10.5. The zero-order valence-electron chi connectivity index (χ0n) is 11.3. The number of halogens is 2. The number of ether oxygens (including phenoxy) is 1. The lowest BCUT2D eigenvalue weighted by Crippen LogP contribution is -2.14. The summed E-state index contributed by atoms with van der Waals surface area (Å²) < 4.78 is 32.5. The molecule has 2 aromatic rings. The van der Waals surface area contributed by atoms with E-state index in [-0.39, 0.29) is 15.5 Å². The normalized spacial score (nSPS) is 11.0. The Balaban J connectivity index is 2.37. The topological polar surface area (TPSA) is 72.5 Å². The van der Waals surface area contributed by atoms with Gasteiger partial charge in [0, 0.05) is 10.2 Å². The molecule has 0 bridgehead atoms. The zero-order valence-corrected chi connectivity index (χ0v) is 14.5. The number of methoxy groups -OCH3 is 1. The van der Waals surface area contributed by atoms with E-state index < -0.39 is 16.0 Å². The van der Waals surface area contributed by atoms with Crippen molar-refractivity contribution in [3.05, 3.63) is 57.5 Å². The van der Waals surface area contributed by atoms with Crippen LogP contribution in [0.4, 0.5) is 5.69 Å². The minimum Gasteiger partial charge on any atom is -0.465 e. The van der Waals surface area contributed by atoms with Gasteiger partial charge in [-0.25, -0.2) is 13.2 Å². The van der Waals surface area contributed by atoms with E-state index in [2.05, 4.69) is 25.4 Å². The molecule has 0 aromatic heterocycles. The summed E-state index contributed by atoms with van der Waals surface area (Å²) in [4.78, 5) is 11.5. The predicted molar refractivity (Wildman–Crippen MR) is 87.7 cm³/mol. The predicted octanol–water partition coefficient (Wildman–Crippen LogP) is 3.69. The third kappa shape index (κ3) is 3.79. The van der Waals surface area contributed by atoms with Gasteiger partial charge in [-0.3, -0.25) is 4.72 Å². The van der Waals surface area contributed by atoms with Crippen LogP contribution in [0.5, 0.6) is 0 Å². The largest absolute Gasteiger partial charge is 0.465 e. The second-order valence-electron chi connectivity index (χ2n) is 4.25. The van der Waals surface area contributed by atoms with E-state index in [1.54, 1.807) is 24.3 Å². The standard InChI is InChI=1S/C14H11BrClNO4S/c1-21-14(18)12-8-11(6-7-13(12)16)22(19,20)17-10-4-2-9(15)3-5-10/h2-8,17H,1H3. The van der Waals surface area contributed by atoms with Gasteiger partial charge in [-0.05, 0) is 42.5 Å². The lowest BCUT2D eigenvalue weighted by atomic mass is 10.2. The minimum atomic E-state index is -3.84. The molecule has 0 radical (unpaired) electrons. The maximum atomic E-state index is 12.3. The van der Waals surface area contributed by atoms with Crippen LogP contribution in [-0.4, -0.2) is 21.5 Å². The Morgan fingerprint density at radius 2 is 1.82 bits per heavy atom. The molecular weight excluding hydrogens is 394 g/mol. The van der Waals surface area contributed by atoms with Gasteiger partial charge in [-0.15, -0.1) is 0 Å². The molecule has 0 heterocycles. The van der Waals surface area contributed by atoms with Crippen LogP contribution in [0.3, 0.4) is 0 Å². The van der Waals surface area contributed by atoms with Crippen molar-refractivity contribution >= 4 is 49.2 Å². The van der Waals surface area contributed by atoms with E-state index in [9.17, 15) is 13.2 Å². The maximum absolute atomic E-state index is 12.3. The summed E-state index contributed by atoms with van der Waals surface area (Å²) in [6.07, 6.45) is 0. The molecule has 0 aliphatic carbocycles. The van der Waals surface area contributed by atoms with Crippen LogP contribution in [-0.2, 0) is 14.8 Å². The third-order valence-electron chi connectivity index (χ3n) is 2.75. The van der Waals surface area contributed by atoms with Gasteiger partial charge < -0.3 is 4.74 Å². The summed E-state index contributed by atoms with van der Waals surface area (Å²) in [5.41, 5.74) is 0.389. The highest BCUT2D eigenvalue weighted by Gasteiger charge is 2.19. The molecule has 2 aromatic carbocycles. The Hall–Kier alpha value is -1.57. The van der Waals surface area contributed by atoms with Gasteiger partial charge in [0.25, 0.3) is 10.0 Å². The molecule has 22 heavy (non-hydrogen) atoms. The van der Waals surface area contributed by atoms with Crippen molar-refractivity contribution in [3.8, 4) is 0 Å². The average Bonchev–Trinajstić information content (AvgIpc) is 2.49. The highest BCUT2D eigenvalue weighted by Crippen LogP contribution is 2.23. The van der Waals surface area contributed by atoms with Crippen LogP contribution in [0.1, 0.15) is 10.4 Å². The lowest BCUT2D eigenvalue weighted by Gasteiger charge is -2.10. The molecule has 0 aliphatic rings. The Bertz CT molecular complexity index is 806. The van der Waals surface area contributed by atoms with Crippen LogP contribution in [0.2, 0.25) is 5.02 Å². The fourth-order valence-electron chi connectivity index (χ4n) is 1.67. The van der Waals surface area contributed by atoms with Gasteiger partial charge in [0.15, 0.2) is 0 Å². The summed E-state index contributed by atoms with van der Waals surface area (Å²) in [5.74, 6) is -0.703. The molecule has 0 atom stereocenters. The molecule has 0 saturated heterocycles. The van der Waals surface area contributed by atoms with E-state index in [4.69, 9.17) is 11.6 Å². The monoisotopic (exact) mass is 403 g/mol. The minimum absolute atomic E-state index is 0.0113. The molecule has 0 spiro atoms. The van der Waals surface area contributed by atoms with E-state index in [0.717, 1.165) is 4.47 Å². The SMILES string of the molecule is COC(=O)c1cc(S(=O)(=O)Nc2ccc(Br)cc2)ccc1Cl. The molecule has 0 saturated carbocycles. The van der Waals surface area contributed by atoms with Crippen molar-refractivity contribution in [3.63, 3.8) is 0 Å². The molecule has 5 nitrogen and oxygen atoms in total. The number of hydrogen-bond donors (Lipinski definition) is 1. The highest BCUT2D eigenvalue weighted by atomic mass is 79.9. The van der Waals surface area contributed by atoms with Gasteiger partial charge >= 0.3 is 5.97 Å². The van der Waals surface area contributed by atoms with Gasteiger partial charge in [0.2, 0.25) is 0 Å². The molecule has 8 heteroatoms. The van der Waals surface area contributed by atoms with Crippen LogP contribution >= 0.6 is 27.5 Å². The summed E-state index contributed by atoms with van der Waals surface area (Å²) in [6.45, 7) is 0. The number of rotatable bonds is 4. The number of carbonyl (C=O) groups is 1. The van der Waals surface area contributed by atoms with Crippen LogP contribution in [0.25, 0.3) is 0 Å². The first-order valence-electron chi connectivity index (χ1n) is 6.00. The second-order valence-corrected chi connectivity index (χ2v) is 7.25. The number of sulfonamides is 1. The van der Waals surface area contributed by atoms with E-state index in [1.807, 2.05) is 0 Å². The summed E-state index contributed by atoms with van der Waals surface area (Å²) in [7, 11) is -2.64. The summed E-state index contributed by atoms with van der Waals surface area (Å²) in [5, 5.41) is 0.120. The van der Waals surface area contributed by atoms with Crippen molar-refractivity contribution in [1.29, 1.82) is 0 Å². The Morgan fingerprint density at radius 3 is 2.41 bits per heavy atom. The Kier molecular flexibility index (Phi) is 5.10. The van der Waals surface area contributed by atoms with Crippen molar-refractivity contribution in [2.75, 3.05) is 11.8 Å². The van der Waals surface area contributed by atoms with E-state index in [1.165, 1.54) is 25.3 Å². The average molecular weight is 405 g/mol. The van der Waals surface area contributed by atoms with Crippen LogP contribution < -0.4 is 4.72 Å². The quantitative estimate of drug-likeness (QED) is 0.789. The van der Waals surface area contributed by atoms with Crippen molar-refractivity contribution < 1.29 is 17.9 Å². The molecule has 0 aliphatic heterocycles. The van der Waals surface area contributed by atoms with Crippen LogP contribution in [0.15, 0.2) is 51.8 Å². The fraction of sp³-hybridized carbons (Fsp3) is 0.0714. The fourth-order valence-corrected chi connectivity index (χ4v) is 3.21. The zero-order chi connectivity index (χ0) is 16.3. The van der Waals surface area contributed by atoms with Gasteiger partial charge in [-0.1, -0.05) is 27.5 Å². The molecule has 1 N–H and O–H groups in total. The molecule has 2 rings (SSSR count). The summed E-state index contributed by atoms with van der Waals surface area (Å²) >= 11 is 9.14. The van der Waals surface area contributed by atoms with E-state index >= 15 is 0 Å². The third-order valence-corrected chi connectivity index (χ3v) is 4.99. The molecule has 0 amide bonds. The first-order chi connectivity index (χ1) is 10.3. The molecule has 0 fully saturated rings. The lowest BCUT2D eigenvalue weighted by molar-refractivity contribution is 0.0600. The number of benzene rings is 2. The Morgan fingerprint density at radius 1 is 1.18 bits per heavy atom. The number of anilines is 1. The van der Waals surface area contributed by atoms with Crippen molar-refractivity contribution in [2.24, 2.45) is 0 Å². The Labute approximate surface area is 141 Å². The first-order valence-corrected chi connectivity index (χ1v) is 8.65. The number of nitrogens with one attached hydrogen (secondary N) is 1. The van der Waals surface area contributed by atoms with Crippen molar-refractivity contribution in [2.45, 2.75) is 4.90 Å². The van der Waals surface area contributed by atoms with Crippen molar-refractivity contribution in [1.82, 2.24) is 0 Å². The van der Waals surface area contributed by atoms with E-state index in [0.29, 0.717) is 5.69 Å². The molecule has 116 valence electrons. The van der Waals surface area contributed by atoms with Gasteiger partial charge in [-0.2, -0.15) is 0 Å². The van der Waals surface area contributed by atoms with Gasteiger partial charge in [0.1, 0.15) is 0 Å². The molecule has 0 unspecified atom stereocenters. The van der Waals surface area contributed by atoms with Gasteiger partial charge in [0.05, 0.1) is 22.6 Å². The number of carbonyl (C=O) groups excluding carboxylic acids is 1. The molecular formula is C14H11BrClNO4S. The number of hydrogen-bond acceptors (Lipinski definition) is 4. The van der Waals surface area contributed by atoms with Crippen LogP contribution in [0, 0.1) is 0 Å². The maximum Gasteiger partial charge on any atom is 0.339 e. The highest BCUT2D eigenvalue weighted by molar-refractivity contribution is 9.10. The first kappa shape index (κ1) is 16.8. The second kappa shape index (κ2) is 6.68. The smallest absolute Gasteiger partial charge is 0.339 e. The number of esters is 1.